The maximum absolute atomic E-state index is 8.99. The molecule has 0 aromatic carbocycles. The molecule has 0 bridgehead atoms. The van der Waals surface area contributed by atoms with E-state index in [0.717, 1.165) is 43.9 Å². The summed E-state index contributed by atoms with van der Waals surface area (Å²) in [6, 6.07) is 1.95. The van der Waals surface area contributed by atoms with Crippen LogP contribution in [0.2, 0.25) is 0 Å². The third kappa shape index (κ3) is 5.87. The molecule has 5 nitrogen and oxygen atoms in total. The van der Waals surface area contributed by atoms with Crippen LogP contribution in [0.3, 0.4) is 0 Å². The number of aliphatic hydroxyl groups is 1. The molecule has 1 rings (SSSR count). The molecule has 1 heterocycles. The summed E-state index contributed by atoms with van der Waals surface area (Å²) in [4.78, 5) is 8.79. The van der Waals surface area contributed by atoms with Crippen LogP contribution >= 0.6 is 0 Å². The van der Waals surface area contributed by atoms with E-state index in [-0.39, 0.29) is 6.61 Å². The van der Waals surface area contributed by atoms with Gasteiger partial charge in [0.2, 0.25) is 5.95 Å². The van der Waals surface area contributed by atoms with E-state index < -0.39 is 0 Å². The van der Waals surface area contributed by atoms with E-state index >= 15 is 0 Å². The van der Waals surface area contributed by atoms with Crippen LogP contribution in [0, 0.1) is 12.8 Å². The van der Waals surface area contributed by atoms with Crippen LogP contribution in [0.5, 0.6) is 0 Å². The van der Waals surface area contributed by atoms with Crippen molar-refractivity contribution in [2.75, 3.05) is 30.3 Å². The van der Waals surface area contributed by atoms with Gasteiger partial charge in [0.15, 0.2) is 0 Å². The van der Waals surface area contributed by atoms with Gasteiger partial charge in [0.05, 0.1) is 0 Å². The number of anilines is 2. The Kier molecular flexibility index (Phi) is 7.18. The predicted octanol–water partition coefficient (Wildman–Crippen LogP) is 2.43. The smallest absolute Gasteiger partial charge is 0.224 e. The molecule has 108 valence electrons. The lowest BCUT2D eigenvalue weighted by Gasteiger charge is -2.15. The maximum atomic E-state index is 8.99. The van der Waals surface area contributed by atoms with Crippen molar-refractivity contribution in [2.24, 2.45) is 5.92 Å². The van der Waals surface area contributed by atoms with Crippen LogP contribution in [0.15, 0.2) is 6.07 Å². The first-order valence-electron chi connectivity index (χ1n) is 7.13. The van der Waals surface area contributed by atoms with Crippen LogP contribution in [0.4, 0.5) is 11.8 Å². The van der Waals surface area contributed by atoms with E-state index in [4.69, 9.17) is 5.11 Å². The second-order valence-electron chi connectivity index (χ2n) is 4.81. The number of nitrogens with one attached hydrogen (secondary N) is 2. The topological polar surface area (TPSA) is 70.1 Å². The number of rotatable bonds is 9. The quantitative estimate of drug-likeness (QED) is 0.640. The van der Waals surface area contributed by atoms with Crippen LogP contribution < -0.4 is 10.6 Å². The Morgan fingerprint density at radius 3 is 2.68 bits per heavy atom. The molecule has 0 amide bonds. The standard InChI is InChI=1S/C14H26N4O/c1-4-7-15-14-17-11(3)9-13(18-14)16-10-12(5-2)6-8-19/h9,12,19H,4-8,10H2,1-3H3,(H2,15,16,17,18). The average molecular weight is 266 g/mol. The summed E-state index contributed by atoms with van der Waals surface area (Å²) in [5.74, 6) is 2.01. The van der Waals surface area contributed by atoms with Gasteiger partial charge in [-0.25, -0.2) is 4.98 Å². The summed E-state index contributed by atoms with van der Waals surface area (Å²) in [5, 5.41) is 15.5. The molecule has 3 N–H and O–H groups in total. The van der Waals surface area contributed by atoms with Crippen molar-refractivity contribution in [3.05, 3.63) is 11.8 Å². The van der Waals surface area contributed by atoms with Crippen LogP contribution in [-0.4, -0.2) is 34.8 Å². The Bertz CT molecular complexity index is 370. The van der Waals surface area contributed by atoms with Gasteiger partial charge in [0, 0.05) is 31.5 Å². The Morgan fingerprint density at radius 2 is 2.05 bits per heavy atom. The Hall–Kier alpha value is -1.36. The van der Waals surface area contributed by atoms with Gasteiger partial charge in [-0.3, -0.25) is 0 Å². The van der Waals surface area contributed by atoms with Gasteiger partial charge in [-0.15, -0.1) is 0 Å². The summed E-state index contributed by atoms with van der Waals surface area (Å²) in [5.41, 5.74) is 0.950. The van der Waals surface area contributed by atoms with Gasteiger partial charge in [-0.05, 0) is 25.7 Å². The van der Waals surface area contributed by atoms with E-state index in [1.165, 1.54) is 0 Å². The SMILES string of the molecule is CCCNc1nc(C)cc(NCC(CC)CCO)n1. The van der Waals surface area contributed by atoms with Crippen molar-refractivity contribution in [1.82, 2.24) is 9.97 Å². The number of nitrogens with zero attached hydrogens (tertiary/aromatic N) is 2. The van der Waals surface area contributed by atoms with Crippen LogP contribution in [0.25, 0.3) is 0 Å². The summed E-state index contributed by atoms with van der Waals surface area (Å²) in [6.07, 6.45) is 2.93. The number of aliphatic hydroxyl groups excluding tert-OH is 1. The molecule has 1 atom stereocenters. The second kappa shape index (κ2) is 8.69. The monoisotopic (exact) mass is 266 g/mol. The zero-order valence-corrected chi connectivity index (χ0v) is 12.2. The minimum atomic E-state index is 0.242. The lowest BCUT2D eigenvalue weighted by molar-refractivity contribution is 0.258. The van der Waals surface area contributed by atoms with Crippen LogP contribution in [0.1, 0.15) is 38.8 Å². The zero-order valence-electron chi connectivity index (χ0n) is 12.2. The van der Waals surface area contributed by atoms with E-state index in [2.05, 4.69) is 34.4 Å². The summed E-state index contributed by atoms with van der Waals surface area (Å²) < 4.78 is 0. The zero-order chi connectivity index (χ0) is 14.1. The summed E-state index contributed by atoms with van der Waals surface area (Å²) in [7, 11) is 0. The molecule has 0 radical (unpaired) electrons. The number of aryl methyl sites for hydroxylation is 1. The molecule has 1 unspecified atom stereocenters. The Morgan fingerprint density at radius 1 is 1.26 bits per heavy atom. The molecule has 0 aliphatic heterocycles. The lowest BCUT2D eigenvalue weighted by atomic mass is 10.0. The highest BCUT2D eigenvalue weighted by Gasteiger charge is 2.07. The van der Waals surface area contributed by atoms with Crippen molar-refractivity contribution in [3.63, 3.8) is 0 Å². The first-order chi connectivity index (χ1) is 9.19. The number of hydrogen-bond donors (Lipinski definition) is 3. The molecule has 0 spiro atoms. The van der Waals surface area contributed by atoms with Crippen molar-refractivity contribution >= 4 is 11.8 Å². The van der Waals surface area contributed by atoms with Gasteiger partial charge in [-0.1, -0.05) is 20.3 Å². The predicted molar refractivity (Wildman–Crippen MR) is 79.5 cm³/mol. The van der Waals surface area contributed by atoms with Gasteiger partial charge < -0.3 is 15.7 Å². The van der Waals surface area contributed by atoms with Crippen molar-refractivity contribution in [2.45, 2.75) is 40.0 Å². The summed E-state index contributed by atoms with van der Waals surface area (Å²) in [6.45, 7) is 8.18. The van der Waals surface area contributed by atoms with E-state index in [1.54, 1.807) is 0 Å². The molecule has 1 aromatic rings. The molecular formula is C14H26N4O. The summed E-state index contributed by atoms with van der Waals surface area (Å²) >= 11 is 0. The van der Waals surface area contributed by atoms with Gasteiger partial charge in [-0.2, -0.15) is 4.98 Å². The van der Waals surface area contributed by atoms with E-state index in [9.17, 15) is 0 Å². The van der Waals surface area contributed by atoms with Crippen LogP contribution in [-0.2, 0) is 0 Å². The first kappa shape index (κ1) is 15.7. The minimum Gasteiger partial charge on any atom is -0.396 e. The Balaban J connectivity index is 2.59. The molecule has 0 fully saturated rings. The van der Waals surface area contributed by atoms with Gasteiger partial charge >= 0.3 is 0 Å². The van der Waals surface area contributed by atoms with E-state index in [0.29, 0.717) is 11.9 Å². The third-order valence-electron chi connectivity index (χ3n) is 3.07. The minimum absolute atomic E-state index is 0.242. The normalized spacial score (nSPS) is 12.2. The van der Waals surface area contributed by atoms with Crippen molar-refractivity contribution in [3.8, 4) is 0 Å². The number of hydrogen-bond acceptors (Lipinski definition) is 5. The van der Waals surface area contributed by atoms with Crippen molar-refractivity contribution in [1.29, 1.82) is 0 Å². The molecule has 0 aliphatic carbocycles. The fourth-order valence-electron chi connectivity index (χ4n) is 1.86. The van der Waals surface area contributed by atoms with Gasteiger partial charge in [0.25, 0.3) is 0 Å². The molecular weight excluding hydrogens is 240 g/mol. The largest absolute Gasteiger partial charge is 0.396 e. The van der Waals surface area contributed by atoms with Gasteiger partial charge in [0.1, 0.15) is 5.82 Å². The Labute approximate surface area is 115 Å². The second-order valence-corrected chi connectivity index (χ2v) is 4.81. The molecule has 5 heteroatoms. The molecule has 0 saturated heterocycles. The number of aromatic nitrogens is 2. The molecule has 0 aliphatic rings. The lowest BCUT2D eigenvalue weighted by Crippen LogP contribution is -2.16. The molecule has 19 heavy (non-hydrogen) atoms. The third-order valence-corrected chi connectivity index (χ3v) is 3.07. The fourth-order valence-corrected chi connectivity index (χ4v) is 1.86. The maximum Gasteiger partial charge on any atom is 0.224 e. The highest BCUT2D eigenvalue weighted by molar-refractivity contribution is 5.42. The highest BCUT2D eigenvalue weighted by Crippen LogP contribution is 2.13. The van der Waals surface area contributed by atoms with E-state index in [1.807, 2.05) is 13.0 Å². The average Bonchev–Trinajstić information content (AvgIpc) is 2.40. The highest BCUT2D eigenvalue weighted by atomic mass is 16.3. The van der Waals surface area contributed by atoms with Crippen molar-refractivity contribution < 1.29 is 5.11 Å². The fraction of sp³-hybridized carbons (Fsp3) is 0.714. The molecule has 0 saturated carbocycles. The molecule has 1 aromatic heterocycles. The first-order valence-corrected chi connectivity index (χ1v) is 7.13.